The van der Waals surface area contributed by atoms with Crippen LogP contribution in [0.3, 0.4) is 0 Å². The fourth-order valence-corrected chi connectivity index (χ4v) is 2.92. The lowest BCUT2D eigenvalue weighted by atomic mass is 10.1. The predicted molar refractivity (Wildman–Crippen MR) is 119 cm³/mol. The average Bonchev–Trinajstić information content (AvgIpc) is 2.77. The van der Waals surface area contributed by atoms with Gasteiger partial charge in [0.2, 0.25) is 0 Å². The Hall–Kier alpha value is -3.36. The number of esters is 1. The van der Waals surface area contributed by atoms with Crippen LogP contribution in [0.25, 0.3) is 11.0 Å². The SMILES string of the molecule is COCCNC(=O)c1cc2ccc(OC(=O)CCCOc3ccc(Cl)cc3)cc2oc1=O. The van der Waals surface area contributed by atoms with Gasteiger partial charge in [0, 0.05) is 36.6 Å². The van der Waals surface area contributed by atoms with E-state index in [9.17, 15) is 14.4 Å². The summed E-state index contributed by atoms with van der Waals surface area (Å²) in [5.41, 5.74) is -0.686. The molecular weight excluding hydrogens is 438 g/mol. The fourth-order valence-electron chi connectivity index (χ4n) is 2.80. The van der Waals surface area contributed by atoms with Crippen molar-refractivity contribution < 1.29 is 28.2 Å². The number of nitrogens with one attached hydrogen (secondary N) is 1. The third-order valence-electron chi connectivity index (χ3n) is 4.38. The van der Waals surface area contributed by atoms with Crippen molar-refractivity contribution in [2.24, 2.45) is 0 Å². The van der Waals surface area contributed by atoms with E-state index in [1.54, 1.807) is 36.4 Å². The second-order valence-electron chi connectivity index (χ2n) is 6.78. The Morgan fingerprint density at radius 3 is 2.53 bits per heavy atom. The lowest BCUT2D eigenvalue weighted by Crippen LogP contribution is -2.30. The highest BCUT2D eigenvalue weighted by atomic mass is 35.5. The summed E-state index contributed by atoms with van der Waals surface area (Å²) in [5.74, 6) is -0.0878. The molecule has 1 aromatic heterocycles. The Morgan fingerprint density at radius 1 is 1.03 bits per heavy atom. The average molecular weight is 460 g/mol. The minimum atomic E-state index is -0.782. The molecule has 0 fully saturated rings. The number of benzene rings is 2. The van der Waals surface area contributed by atoms with Crippen molar-refractivity contribution in [1.29, 1.82) is 0 Å². The van der Waals surface area contributed by atoms with Crippen molar-refractivity contribution in [2.45, 2.75) is 12.8 Å². The number of carbonyl (C=O) groups is 2. The summed E-state index contributed by atoms with van der Waals surface area (Å²) >= 11 is 5.82. The van der Waals surface area contributed by atoms with E-state index in [-0.39, 0.29) is 29.9 Å². The molecule has 3 rings (SSSR count). The molecule has 9 heteroatoms. The van der Waals surface area contributed by atoms with Gasteiger partial charge in [-0.1, -0.05) is 11.6 Å². The first kappa shape index (κ1) is 23.3. The van der Waals surface area contributed by atoms with Crippen LogP contribution in [0.1, 0.15) is 23.2 Å². The molecule has 0 unspecified atom stereocenters. The maximum absolute atomic E-state index is 12.2. The zero-order valence-corrected chi connectivity index (χ0v) is 18.1. The van der Waals surface area contributed by atoms with E-state index in [0.29, 0.717) is 35.8 Å². The van der Waals surface area contributed by atoms with Crippen LogP contribution in [0.15, 0.2) is 57.7 Å². The summed E-state index contributed by atoms with van der Waals surface area (Å²) in [5, 5.41) is 3.72. The zero-order valence-electron chi connectivity index (χ0n) is 17.4. The van der Waals surface area contributed by atoms with Gasteiger partial charge in [0.25, 0.3) is 5.91 Å². The molecule has 0 atom stereocenters. The molecule has 1 heterocycles. The minimum Gasteiger partial charge on any atom is -0.494 e. The highest BCUT2D eigenvalue weighted by Gasteiger charge is 2.14. The molecule has 0 aliphatic heterocycles. The molecule has 0 aliphatic rings. The molecular formula is C23H22ClNO7. The van der Waals surface area contributed by atoms with E-state index in [2.05, 4.69) is 5.32 Å². The van der Waals surface area contributed by atoms with Gasteiger partial charge in [-0.2, -0.15) is 0 Å². The summed E-state index contributed by atoms with van der Waals surface area (Å²) in [6, 6.07) is 13.0. The zero-order chi connectivity index (χ0) is 22.9. The molecule has 0 saturated heterocycles. The third kappa shape index (κ3) is 6.57. The Morgan fingerprint density at radius 2 is 1.78 bits per heavy atom. The van der Waals surface area contributed by atoms with Crippen LogP contribution in [0.2, 0.25) is 5.02 Å². The largest absolute Gasteiger partial charge is 0.494 e. The second kappa shape index (κ2) is 11.3. The number of halogens is 1. The van der Waals surface area contributed by atoms with Crippen LogP contribution in [-0.4, -0.2) is 38.7 Å². The van der Waals surface area contributed by atoms with E-state index >= 15 is 0 Å². The van der Waals surface area contributed by atoms with E-state index in [1.807, 2.05) is 0 Å². The smallest absolute Gasteiger partial charge is 0.349 e. The standard InChI is InChI=1S/C23H22ClNO7/c1-29-12-10-25-22(27)19-13-15-4-7-18(14-20(15)32-23(19)28)31-21(26)3-2-11-30-17-8-5-16(24)6-9-17/h4-9,13-14H,2-3,10-12H2,1H3,(H,25,27). The van der Waals surface area contributed by atoms with Gasteiger partial charge >= 0.3 is 11.6 Å². The number of fused-ring (bicyclic) bond motifs is 1. The van der Waals surface area contributed by atoms with Crippen molar-refractivity contribution in [2.75, 3.05) is 26.9 Å². The number of methoxy groups -OCH3 is 1. The maximum Gasteiger partial charge on any atom is 0.349 e. The van der Waals surface area contributed by atoms with Gasteiger partial charge in [0.1, 0.15) is 22.6 Å². The van der Waals surface area contributed by atoms with E-state index in [0.717, 1.165) is 0 Å². The van der Waals surface area contributed by atoms with Crippen LogP contribution in [0, 0.1) is 0 Å². The molecule has 168 valence electrons. The maximum atomic E-state index is 12.2. The molecule has 0 spiro atoms. The first-order chi connectivity index (χ1) is 15.5. The lowest BCUT2D eigenvalue weighted by Gasteiger charge is -2.08. The molecule has 2 aromatic carbocycles. The summed E-state index contributed by atoms with van der Waals surface area (Å²) in [4.78, 5) is 36.4. The quantitative estimate of drug-likeness (QED) is 0.214. The Balaban J connectivity index is 1.55. The molecule has 3 aromatic rings. The van der Waals surface area contributed by atoms with Gasteiger partial charge in [-0.25, -0.2) is 4.79 Å². The number of rotatable bonds is 10. The number of hydrogen-bond acceptors (Lipinski definition) is 7. The Bertz CT molecular complexity index is 1140. The summed E-state index contributed by atoms with van der Waals surface area (Å²) in [6.07, 6.45) is 0.613. The van der Waals surface area contributed by atoms with Crippen molar-refractivity contribution in [3.63, 3.8) is 0 Å². The highest BCUT2D eigenvalue weighted by molar-refractivity contribution is 6.30. The van der Waals surface area contributed by atoms with Gasteiger partial charge in [0.05, 0.1) is 13.2 Å². The van der Waals surface area contributed by atoms with Crippen molar-refractivity contribution in [1.82, 2.24) is 5.32 Å². The van der Waals surface area contributed by atoms with Gasteiger partial charge < -0.3 is 23.9 Å². The Labute approximate surface area is 189 Å². The van der Waals surface area contributed by atoms with E-state index in [1.165, 1.54) is 19.2 Å². The van der Waals surface area contributed by atoms with Crippen molar-refractivity contribution >= 4 is 34.4 Å². The van der Waals surface area contributed by atoms with Crippen molar-refractivity contribution in [3.05, 3.63) is 69.5 Å². The number of hydrogen-bond donors (Lipinski definition) is 1. The molecule has 0 saturated carbocycles. The summed E-state index contributed by atoms with van der Waals surface area (Å²) in [6.45, 7) is 0.942. The molecule has 32 heavy (non-hydrogen) atoms. The van der Waals surface area contributed by atoms with Gasteiger partial charge in [-0.05, 0) is 48.9 Å². The van der Waals surface area contributed by atoms with Crippen LogP contribution >= 0.6 is 11.6 Å². The van der Waals surface area contributed by atoms with Gasteiger partial charge in [-0.15, -0.1) is 0 Å². The minimum absolute atomic E-state index is 0.112. The fraction of sp³-hybridized carbons (Fsp3) is 0.261. The van der Waals surface area contributed by atoms with Crippen LogP contribution in [0.5, 0.6) is 11.5 Å². The topological polar surface area (TPSA) is 104 Å². The summed E-state index contributed by atoms with van der Waals surface area (Å²) in [7, 11) is 1.51. The lowest BCUT2D eigenvalue weighted by molar-refractivity contribution is -0.134. The van der Waals surface area contributed by atoms with Crippen LogP contribution in [-0.2, 0) is 9.53 Å². The van der Waals surface area contributed by atoms with Crippen molar-refractivity contribution in [3.8, 4) is 11.5 Å². The molecule has 1 N–H and O–H groups in total. The molecule has 0 aliphatic carbocycles. The number of amides is 1. The highest BCUT2D eigenvalue weighted by Crippen LogP contribution is 2.21. The van der Waals surface area contributed by atoms with Gasteiger partial charge in [0.15, 0.2) is 0 Å². The van der Waals surface area contributed by atoms with Crippen LogP contribution < -0.4 is 20.4 Å². The van der Waals surface area contributed by atoms with Gasteiger partial charge in [-0.3, -0.25) is 9.59 Å². The van der Waals surface area contributed by atoms with E-state index < -0.39 is 17.5 Å². The summed E-state index contributed by atoms with van der Waals surface area (Å²) < 4.78 is 20.9. The first-order valence-electron chi connectivity index (χ1n) is 9.90. The molecule has 8 nitrogen and oxygen atoms in total. The molecule has 0 bridgehead atoms. The van der Waals surface area contributed by atoms with E-state index in [4.69, 9.17) is 30.2 Å². The molecule has 1 amide bonds. The monoisotopic (exact) mass is 459 g/mol. The number of ether oxygens (including phenoxy) is 3. The Kier molecular flexibility index (Phi) is 8.24. The normalized spacial score (nSPS) is 10.7. The second-order valence-corrected chi connectivity index (χ2v) is 7.21. The number of carbonyl (C=O) groups excluding carboxylic acids is 2. The predicted octanol–water partition coefficient (Wildman–Crippen LogP) is 3.59. The van der Waals surface area contributed by atoms with Crippen LogP contribution in [0.4, 0.5) is 0 Å². The third-order valence-corrected chi connectivity index (χ3v) is 4.64. The first-order valence-corrected chi connectivity index (χ1v) is 10.3. The molecule has 0 radical (unpaired) electrons.